The summed E-state index contributed by atoms with van der Waals surface area (Å²) >= 11 is 0. The molecule has 0 saturated carbocycles. The molecule has 0 saturated heterocycles. The van der Waals surface area contributed by atoms with Gasteiger partial charge in [0.05, 0.1) is 21.4 Å². The Balaban J connectivity index is 1.69. The molecular weight excluding hydrogens is 458 g/mol. The average molecular weight is 472 g/mol. The lowest BCUT2D eigenvalue weighted by Gasteiger charge is -2.27. The number of carboxylic acids is 1. The van der Waals surface area contributed by atoms with E-state index in [2.05, 4.69) is 0 Å². The van der Waals surface area contributed by atoms with Crippen molar-refractivity contribution >= 4 is 44.1 Å². The number of nitrogens with zero attached hydrogens (tertiary/aromatic N) is 1. The van der Waals surface area contributed by atoms with Crippen molar-refractivity contribution in [3.63, 3.8) is 0 Å². The first kappa shape index (κ1) is 21.4. The van der Waals surface area contributed by atoms with Gasteiger partial charge in [-0.25, -0.2) is 13.3 Å². The summed E-state index contributed by atoms with van der Waals surface area (Å²) in [4.78, 5) is 38.2. The summed E-state index contributed by atoms with van der Waals surface area (Å²) in [5.74, 6) is -2.85. The van der Waals surface area contributed by atoms with E-state index in [1.807, 2.05) is 0 Å². The average Bonchev–Trinajstić information content (AvgIpc) is 2.82. The molecule has 9 heteroatoms. The number of carbonyl (C=O) groups is 3. The van der Waals surface area contributed by atoms with Gasteiger partial charge in [-0.05, 0) is 48.0 Å². The number of aromatic carboxylic acids is 1. The van der Waals surface area contributed by atoms with Gasteiger partial charge in [0.15, 0.2) is 0 Å². The normalized spacial score (nSPS) is 13.4. The van der Waals surface area contributed by atoms with Crippen molar-refractivity contribution in [3.8, 4) is 5.75 Å². The van der Waals surface area contributed by atoms with E-state index in [9.17, 15) is 33.0 Å². The summed E-state index contributed by atoms with van der Waals surface area (Å²) in [6.45, 7) is 0. The second-order valence-corrected chi connectivity index (χ2v) is 9.54. The van der Waals surface area contributed by atoms with E-state index in [0.717, 1.165) is 29.2 Å². The zero-order valence-corrected chi connectivity index (χ0v) is 18.1. The molecule has 1 aliphatic rings. The van der Waals surface area contributed by atoms with E-state index in [1.54, 1.807) is 0 Å². The molecule has 5 rings (SSSR count). The summed E-state index contributed by atoms with van der Waals surface area (Å²) in [7, 11) is -4.11. The van der Waals surface area contributed by atoms with Crippen LogP contribution in [0.25, 0.3) is 10.8 Å². The molecule has 0 aliphatic carbocycles. The molecule has 1 aliphatic heterocycles. The van der Waals surface area contributed by atoms with Gasteiger partial charge in [-0.1, -0.05) is 30.3 Å². The number of phenolic OH excluding ortho intramolecular Hbond substituents is 1. The minimum Gasteiger partial charge on any atom is -0.545 e. The first-order valence-electron chi connectivity index (χ1n) is 10.00. The van der Waals surface area contributed by atoms with Crippen molar-refractivity contribution in [1.29, 1.82) is 0 Å². The van der Waals surface area contributed by atoms with Crippen LogP contribution in [0.2, 0.25) is 0 Å². The fraction of sp³-hybridized carbons (Fsp3) is 0. The fourth-order valence-corrected chi connectivity index (χ4v) is 5.52. The first-order chi connectivity index (χ1) is 16.2. The minimum atomic E-state index is -4.11. The lowest BCUT2D eigenvalue weighted by Crippen LogP contribution is -2.40. The van der Waals surface area contributed by atoms with Crippen molar-refractivity contribution in [2.45, 2.75) is 9.79 Å². The summed E-state index contributed by atoms with van der Waals surface area (Å²) in [6.07, 6.45) is 0. The van der Waals surface area contributed by atoms with E-state index in [4.69, 9.17) is 0 Å². The van der Waals surface area contributed by atoms with Gasteiger partial charge in [0.2, 0.25) is 9.84 Å². The number of hydrogen-bond donors (Lipinski definition) is 1. The molecular formula is C25H14NO7S-. The zero-order valence-electron chi connectivity index (χ0n) is 17.3. The van der Waals surface area contributed by atoms with Crippen molar-refractivity contribution in [2.75, 3.05) is 4.90 Å². The van der Waals surface area contributed by atoms with E-state index >= 15 is 0 Å². The van der Waals surface area contributed by atoms with Crippen LogP contribution in [0.5, 0.6) is 5.75 Å². The van der Waals surface area contributed by atoms with Crippen LogP contribution in [0.4, 0.5) is 5.69 Å². The molecule has 0 fully saturated rings. The Hall–Kier alpha value is -4.50. The predicted molar refractivity (Wildman–Crippen MR) is 119 cm³/mol. The molecule has 0 spiro atoms. The van der Waals surface area contributed by atoms with Crippen molar-refractivity contribution in [2.24, 2.45) is 0 Å². The molecule has 4 aromatic rings. The number of anilines is 1. The Bertz CT molecular complexity index is 1620. The molecule has 1 heterocycles. The van der Waals surface area contributed by atoms with E-state index in [-0.39, 0.29) is 48.7 Å². The number of aromatic hydroxyl groups is 1. The third kappa shape index (κ3) is 3.13. The lowest BCUT2D eigenvalue weighted by atomic mass is 9.93. The quantitative estimate of drug-likeness (QED) is 0.452. The number of carbonyl (C=O) groups excluding carboxylic acids is 3. The standard InChI is InChI=1S/C25H15NO7S/c27-16-4-1-3-15(13-16)26-23(28)19-6-2-5-18-21(12-11-20(22(18)19)24(26)29)34(32,33)17-9-7-14(8-10-17)25(30)31/h1-13,27H,(H,30,31)/p-1. The third-order valence-corrected chi connectivity index (χ3v) is 7.47. The van der Waals surface area contributed by atoms with Gasteiger partial charge in [0, 0.05) is 28.0 Å². The monoisotopic (exact) mass is 472 g/mol. The molecule has 4 aromatic carbocycles. The van der Waals surface area contributed by atoms with Crippen LogP contribution in [-0.2, 0) is 9.84 Å². The molecule has 0 unspecified atom stereocenters. The van der Waals surface area contributed by atoms with Crippen LogP contribution in [0.3, 0.4) is 0 Å². The summed E-state index contributed by atoms with van der Waals surface area (Å²) in [5, 5.41) is 21.2. The van der Waals surface area contributed by atoms with Gasteiger partial charge in [-0.2, -0.15) is 0 Å². The van der Waals surface area contributed by atoms with Gasteiger partial charge in [-0.15, -0.1) is 0 Å². The van der Waals surface area contributed by atoms with Crippen LogP contribution in [-0.4, -0.2) is 31.3 Å². The van der Waals surface area contributed by atoms with Crippen molar-refractivity contribution in [3.05, 3.63) is 95.6 Å². The zero-order chi connectivity index (χ0) is 24.2. The molecule has 0 atom stereocenters. The van der Waals surface area contributed by atoms with Crippen LogP contribution in [0.1, 0.15) is 31.1 Å². The van der Waals surface area contributed by atoms with Gasteiger partial charge in [0.1, 0.15) is 5.75 Å². The molecule has 0 bridgehead atoms. The molecule has 34 heavy (non-hydrogen) atoms. The fourth-order valence-electron chi connectivity index (χ4n) is 4.07. The Morgan fingerprint density at radius 2 is 1.47 bits per heavy atom. The summed E-state index contributed by atoms with van der Waals surface area (Å²) in [5.41, 5.74) is 0.293. The smallest absolute Gasteiger partial charge is 0.265 e. The van der Waals surface area contributed by atoms with E-state index in [1.165, 1.54) is 54.6 Å². The lowest BCUT2D eigenvalue weighted by molar-refractivity contribution is -0.255. The molecule has 1 N–H and O–H groups in total. The number of carboxylic acid groups (broad SMARTS) is 1. The summed E-state index contributed by atoms with van der Waals surface area (Å²) in [6, 6.07) is 17.5. The molecule has 0 radical (unpaired) electrons. The van der Waals surface area contributed by atoms with E-state index < -0.39 is 27.6 Å². The van der Waals surface area contributed by atoms with Gasteiger partial charge >= 0.3 is 0 Å². The highest BCUT2D eigenvalue weighted by Gasteiger charge is 2.35. The van der Waals surface area contributed by atoms with Crippen LogP contribution in [0.15, 0.2) is 88.7 Å². The SMILES string of the molecule is O=C([O-])c1ccc(S(=O)(=O)c2ccc3c4c(cccc24)C(=O)N(c2cccc(O)c2)C3=O)cc1. The Labute approximate surface area is 193 Å². The van der Waals surface area contributed by atoms with Crippen LogP contribution in [0, 0.1) is 0 Å². The molecule has 8 nitrogen and oxygen atoms in total. The van der Waals surface area contributed by atoms with Gasteiger partial charge in [-0.3, -0.25) is 9.59 Å². The second kappa shape index (κ2) is 7.53. The minimum absolute atomic E-state index is 0.117. The maximum absolute atomic E-state index is 13.4. The van der Waals surface area contributed by atoms with Crippen molar-refractivity contribution in [1.82, 2.24) is 0 Å². The number of imide groups is 1. The maximum Gasteiger partial charge on any atom is 0.265 e. The van der Waals surface area contributed by atoms with Gasteiger partial charge in [0.25, 0.3) is 11.8 Å². The Morgan fingerprint density at radius 1 is 0.824 bits per heavy atom. The molecule has 168 valence electrons. The Kier molecular flexibility index (Phi) is 4.73. The predicted octanol–water partition coefficient (Wildman–Crippen LogP) is 2.54. The topological polar surface area (TPSA) is 132 Å². The number of benzene rings is 4. The van der Waals surface area contributed by atoms with Crippen molar-refractivity contribution < 1.29 is 33.0 Å². The number of sulfone groups is 1. The highest BCUT2D eigenvalue weighted by atomic mass is 32.2. The second-order valence-electron chi connectivity index (χ2n) is 7.62. The number of phenols is 1. The maximum atomic E-state index is 13.4. The van der Waals surface area contributed by atoms with E-state index in [0.29, 0.717) is 0 Å². The first-order valence-corrected chi connectivity index (χ1v) is 11.5. The highest BCUT2D eigenvalue weighted by molar-refractivity contribution is 7.91. The number of hydrogen-bond acceptors (Lipinski definition) is 7. The number of amides is 2. The van der Waals surface area contributed by atoms with Crippen LogP contribution >= 0.6 is 0 Å². The molecule has 0 aromatic heterocycles. The highest BCUT2D eigenvalue weighted by Crippen LogP contribution is 2.37. The van der Waals surface area contributed by atoms with Crippen LogP contribution < -0.4 is 10.0 Å². The Morgan fingerprint density at radius 3 is 2.12 bits per heavy atom. The number of rotatable bonds is 4. The molecule has 2 amide bonds. The summed E-state index contributed by atoms with van der Waals surface area (Å²) < 4.78 is 26.7. The van der Waals surface area contributed by atoms with Gasteiger partial charge < -0.3 is 15.0 Å². The largest absolute Gasteiger partial charge is 0.545 e. The third-order valence-electron chi connectivity index (χ3n) is 5.65.